The fraction of sp³-hybridized carbons (Fsp3) is 0.0556. The van der Waals surface area contributed by atoms with E-state index in [0.29, 0.717) is 5.95 Å². The van der Waals surface area contributed by atoms with Crippen LogP contribution >= 0.6 is 0 Å². The molecular formula is C18H15N5O3. The Kier molecular flexibility index (Phi) is 5.14. The lowest BCUT2D eigenvalue weighted by Gasteiger charge is -2.02. The van der Waals surface area contributed by atoms with E-state index in [-0.39, 0.29) is 5.69 Å². The molecular weight excluding hydrogens is 334 g/mol. The molecule has 2 aromatic carbocycles. The number of hydrogen-bond acceptors (Lipinski definition) is 7. The van der Waals surface area contributed by atoms with E-state index in [1.165, 1.54) is 12.1 Å². The quantitative estimate of drug-likeness (QED) is 0.415. The van der Waals surface area contributed by atoms with Gasteiger partial charge in [0, 0.05) is 30.1 Å². The highest BCUT2D eigenvalue weighted by molar-refractivity contribution is 5.80. The van der Waals surface area contributed by atoms with Crippen LogP contribution in [0.2, 0.25) is 0 Å². The molecule has 0 atom stereocenters. The van der Waals surface area contributed by atoms with Crippen LogP contribution in [0.3, 0.4) is 0 Å². The fourth-order valence-corrected chi connectivity index (χ4v) is 2.16. The van der Waals surface area contributed by atoms with E-state index in [1.807, 2.05) is 24.3 Å². The molecule has 0 aliphatic carbocycles. The predicted octanol–water partition coefficient (Wildman–Crippen LogP) is 3.51. The molecule has 1 aromatic heterocycles. The normalized spacial score (nSPS) is 10.7. The molecule has 8 nitrogen and oxygen atoms in total. The molecule has 130 valence electrons. The topological polar surface area (TPSA) is 103 Å². The van der Waals surface area contributed by atoms with Gasteiger partial charge in [-0.05, 0) is 47.5 Å². The minimum absolute atomic E-state index is 0.0424. The minimum Gasteiger partial charge on any atom is -0.497 e. The van der Waals surface area contributed by atoms with Crippen molar-refractivity contribution in [3.63, 3.8) is 0 Å². The molecule has 0 unspecified atom stereocenters. The SMILES string of the molecule is COc1ccc(/C=N/Nc2ncc(-c3ccc([N+](=O)[O-])cc3)cn2)cc1. The summed E-state index contributed by atoms with van der Waals surface area (Å²) in [5.74, 6) is 1.13. The third-order valence-corrected chi connectivity index (χ3v) is 3.56. The zero-order valence-corrected chi connectivity index (χ0v) is 13.9. The number of aromatic nitrogens is 2. The Labute approximate surface area is 149 Å². The molecule has 0 amide bonds. The Hall–Kier alpha value is -3.81. The van der Waals surface area contributed by atoms with E-state index in [9.17, 15) is 10.1 Å². The average Bonchev–Trinajstić information content (AvgIpc) is 2.69. The molecule has 1 N–H and O–H groups in total. The predicted molar refractivity (Wildman–Crippen MR) is 98.3 cm³/mol. The summed E-state index contributed by atoms with van der Waals surface area (Å²) in [6.07, 6.45) is 4.89. The molecule has 0 fully saturated rings. The van der Waals surface area contributed by atoms with E-state index in [4.69, 9.17) is 4.74 Å². The molecule has 8 heteroatoms. The lowest BCUT2D eigenvalue weighted by atomic mass is 10.1. The van der Waals surface area contributed by atoms with Crippen LogP contribution in [0.25, 0.3) is 11.1 Å². The minimum atomic E-state index is -0.436. The standard InChI is InChI=1S/C18H15N5O3/c1-26-17-8-2-13(3-9-17)10-21-22-18-19-11-15(12-20-18)14-4-6-16(7-5-14)23(24)25/h2-12H,1H3,(H,19,20,22)/b21-10+. The molecule has 0 aliphatic rings. The maximum absolute atomic E-state index is 10.7. The van der Waals surface area contributed by atoms with Gasteiger partial charge in [-0.3, -0.25) is 10.1 Å². The number of nitro benzene ring substituents is 1. The van der Waals surface area contributed by atoms with Gasteiger partial charge in [0.25, 0.3) is 5.69 Å². The monoisotopic (exact) mass is 349 g/mol. The first-order chi connectivity index (χ1) is 12.7. The van der Waals surface area contributed by atoms with E-state index < -0.39 is 4.92 Å². The molecule has 3 aromatic rings. The molecule has 1 heterocycles. The van der Waals surface area contributed by atoms with Gasteiger partial charge in [0.15, 0.2) is 0 Å². The summed E-state index contributed by atoms with van der Waals surface area (Å²) in [6.45, 7) is 0. The van der Waals surface area contributed by atoms with Crippen LogP contribution in [0, 0.1) is 10.1 Å². The van der Waals surface area contributed by atoms with Crippen LogP contribution in [-0.4, -0.2) is 28.2 Å². The van der Waals surface area contributed by atoms with Crippen LogP contribution < -0.4 is 10.2 Å². The van der Waals surface area contributed by atoms with Gasteiger partial charge < -0.3 is 4.74 Å². The van der Waals surface area contributed by atoms with Crippen LogP contribution in [0.5, 0.6) is 5.75 Å². The first-order valence-electron chi connectivity index (χ1n) is 7.66. The molecule has 0 saturated carbocycles. The van der Waals surface area contributed by atoms with Crippen molar-refractivity contribution in [1.82, 2.24) is 9.97 Å². The first-order valence-corrected chi connectivity index (χ1v) is 7.66. The lowest BCUT2D eigenvalue weighted by Crippen LogP contribution is -1.97. The summed E-state index contributed by atoms with van der Waals surface area (Å²) in [5.41, 5.74) is 5.25. The molecule has 0 radical (unpaired) electrons. The summed E-state index contributed by atoms with van der Waals surface area (Å²) in [4.78, 5) is 18.6. The maximum atomic E-state index is 10.7. The molecule has 26 heavy (non-hydrogen) atoms. The lowest BCUT2D eigenvalue weighted by molar-refractivity contribution is -0.384. The Bertz CT molecular complexity index is 907. The smallest absolute Gasteiger partial charge is 0.269 e. The van der Waals surface area contributed by atoms with Gasteiger partial charge in [0.2, 0.25) is 5.95 Å². The number of rotatable bonds is 6. The number of hydrogen-bond donors (Lipinski definition) is 1. The Morgan fingerprint density at radius 2 is 1.69 bits per heavy atom. The van der Waals surface area contributed by atoms with Crippen molar-refractivity contribution in [2.24, 2.45) is 5.10 Å². The van der Waals surface area contributed by atoms with Gasteiger partial charge in [-0.25, -0.2) is 15.4 Å². The summed E-state index contributed by atoms with van der Waals surface area (Å²) in [5, 5.41) is 14.8. The Balaban J connectivity index is 1.63. The van der Waals surface area contributed by atoms with E-state index in [1.54, 1.807) is 37.9 Å². The van der Waals surface area contributed by atoms with Gasteiger partial charge in [0.1, 0.15) is 5.75 Å². The fourth-order valence-electron chi connectivity index (χ4n) is 2.16. The maximum Gasteiger partial charge on any atom is 0.269 e. The summed E-state index contributed by atoms with van der Waals surface area (Å²) < 4.78 is 5.10. The number of hydrazone groups is 1. The molecule has 0 saturated heterocycles. The van der Waals surface area contributed by atoms with E-state index in [2.05, 4.69) is 20.5 Å². The second-order valence-corrected chi connectivity index (χ2v) is 5.24. The number of nitro groups is 1. The van der Waals surface area contributed by atoms with Gasteiger partial charge in [-0.2, -0.15) is 5.10 Å². The second kappa shape index (κ2) is 7.84. The largest absolute Gasteiger partial charge is 0.497 e. The van der Waals surface area contributed by atoms with Crippen LogP contribution in [-0.2, 0) is 0 Å². The number of nitrogens with one attached hydrogen (secondary N) is 1. The highest BCUT2D eigenvalue weighted by atomic mass is 16.6. The highest BCUT2D eigenvalue weighted by Crippen LogP contribution is 2.21. The summed E-state index contributed by atoms with van der Waals surface area (Å²) in [7, 11) is 1.61. The van der Waals surface area contributed by atoms with Gasteiger partial charge in [-0.15, -0.1) is 0 Å². The Morgan fingerprint density at radius 1 is 1.04 bits per heavy atom. The van der Waals surface area contributed by atoms with Crippen molar-refractivity contribution in [1.29, 1.82) is 0 Å². The summed E-state index contributed by atoms with van der Waals surface area (Å²) >= 11 is 0. The van der Waals surface area contributed by atoms with Crippen molar-refractivity contribution in [3.8, 4) is 16.9 Å². The Morgan fingerprint density at radius 3 is 2.27 bits per heavy atom. The zero-order chi connectivity index (χ0) is 18.4. The number of nitrogens with zero attached hydrogens (tertiary/aromatic N) is 4. The molecule has 3 rings (SSSR count). The van der Waals surface area contributed by atoms with Crippen LogP contribution in [0.15, 0.2) is 66.0 Å². The third kappa shape index (κ3) is 4.18. The van der Waals surface area contributed by atoms with Crippen LogP contribution in [0.4, 0.5) is 11.6 Å². The third-order valence-electron chi connectivity index (χ3n) is 3.56. The summed E-state index contributed by atoms with van der Waals surface area (Å²) in [6, 6.07) is 13.7. The van der Waals surface area contributed by atoms with Crippen molar-refractivity contribution < 1.29 is 9.66 Å². The molecule has 0 spiro atoms. The van der Waals surface area contributed by atoms with Crippen molar-refractivity contribution in [3.05, 3.63) is 76.6 Å². The number of anilines is 1. The number of methoxy groups -OCH3 is 1. The van der Waals surface area contributed by atoms with E-state index >= 15 is 0 Å². The van der Waals surface area contributed by atoms with Gasteiger partial charge in [-0.1, -0.05) is 0 Å². The van der Waals surface area contributed by atoms with Crippen molar-refractivity contribution in [2.75, 3.05) is 12.5 Å². The first kappa shape index (κ1) is 17.0. The van der Waals surface area contributed by atoms with Crippen molar-refractivity contribution in [2.45, 2.75) is 0 Å². The molecule has 0 aliphatic heterocycles. The number of ether oxygens (including phenoxy) is 1. The second-order valence-electron chi connectivity index (χ2n) is 5.24. The number of non-ortho nitro benzene ring substituents is 1. The highest BCUT2D eigenvalue weighted by Gasteiger charge is 2.06. The molecule has 0 bridgehead atoms. The van der Waals surface area contributed by atoms with Gasteiger partial charge in [0.05, 0.1) is 18.2 Å². The van der Waals surface area contributed by atoms with Crippen LogP contribution in [0.1, 0.15) is 5.56 Å². The van der Waals surface area contributed by atoms with Crippen molar-refractivity contribution >= 4 is 17.9 Å². The zero-order valence-electron chi connectivity index (χ0n) is 13.9. The van der Waals surface area contributed by atoms with E-state index in [0.717, 1.165) is 22.4 Å². The van der Waals surface area contributed by atoms with Gasteiger partial charge >= 0.3 is 0 Å². The number of benzene rings is 2. The average molecular weight is 349 g/mol.